The number of nitrogens with zero attached hydrogens (tertiary/aromatic N) is 1. The number of likely N-dealkylation sites (tertiary alicyclic amines) is 1. The zero-order chi connectivity index (χ0) is 10.9. The maximum absolute atomic E-state index is 10.9. The fourth-order valence-corrected chi connectivity index (χ4v) is 3.31. The molecule has 1 spiro atoms. The molecule has 1 saturated carbocycles. The summed E-state index contributed by atoms with van der Waals surface area (Å²) in [4.78, 5) is 13.4. The maximum Gasteiger partial charge on any atom is 0.126 e. The highest BCUT2D eigenvalue weighted by Gasteiger charge is 2.41. The first-order chi connectivity index (χ1) is 7.05. The molecule has 0 aromatic rings. The molecule has 0 atom stereocenters. The maximum atomic E-state index is 10.9. The van der Waals surface area contributed by atoms with E-state index in [1.165, 1.54) is 45.2 Å². The van der Waals surface area contributed by atoms with E-state index in [0.717, 1.165) is 12.8 Å². The van der Waals surface area contributed by atoms with E-state index in [4.69, 9.17) is 0 Å². The topological polar surface area (TPSA) is 20.3 Å². The molecule has 0 bridgehead atoms. The third-order valence-electron chi connectivity index (χ3n) is 4.13. The largest absolute Gasteiger partial charge is 0.303 e. The average molecular weight is 209 g/mol. The molecular formula is C13H23NO. The van der Waals surface area contributed by atoms with E-state index in [-0.39, 0.29) is 5.41 Å². The summed E-state index contributed by atoms with van der Waals surface area (Å²) >= 11 is 0. The van der Waals surface area contributed by atoms with Crippen molar-refractivity contribution in [3.63, 3.8) is 0 Å². The molecule has 0 unspecified atom stereocenters. The standard InChI is InChI=1S/C13H23NO/c1-12(2,11-15)9-14-8-7-13(10-14)5-3-4-6-13/h11H,3-10H2,1-2H3. The van der Waals surface area contributed by atoms with Crippen molar-refractivity contribution in [2.75, 3.05) is 19.6 Å². The fraction of sp³-hybridized carbons (Fsp3) is 0.923. The Kier molecular flexibility index (Phi) is 2.89. The van der Waals surface area contributed by atoms with Crippen LogP contribution in [0.5, 0.6) is 0 Å². The Balaban J connectivity index is 1.90. The van der Waals surface area contributed by atoms with Crippen LogP contribution in [0.3, 0.4) is 0 Å². The van der Waals surface area contributed by atoms with Crippen LogP contribution in [-0.4, -0.2) is 30.8 Å². The first kappa shape index (κ1) is 11.1. The molecule has 15 heavy (non-hydrogen) atoms. The lowest BCUT2D eigenvalue weighted by Crippen LogP contribution is -2.35. The van der Waals surface area contributed by atoms with Crippen LogP contribution in [0.1, 0.15) is 46.0 Å². The van der Waals surface area contributed by atoms with Crippen LogP contribution >= 0.6 is 0 Å². The Labute approximate surface area is 93.0 Å². The lowest BCUT2D eigenvalue weighted by Gasteiger charge is -2.27. The second-order valence-corrected chi connectivity index (χ2v) is 6.27. The number of carbonyl (C=O) groups excluding carboxylic acids is 1. The minimum Gasteiger partial charge on any atom is -0.303 e. The minimum atomic E-state index is -0.163. The van der Waals surface area contributed by atoms with Crippen LogP contribution in [0.25, 0.3) is 0 Å². The first-order valence-corrected chi connectivity index (χ1v) is 6.24. The quantitative estimate of drug-likeness (QED) is 0.666. The lowest BCUT2D eigenvalue weighted by atomic mass is 9.85. The summed E-state index contributed by atoms with van der Waals surface area (Å²) in [6, 6.07) is 0. The highest BCUT2D eigenvalue weighted by molar-refractivity contribution is 5.58. The van der Waals surface area contributed by atoms with Crippen LogP contribution in [0.2, 0.25) is 0 Å². The second kappa shape index (κ2) is 3.89. The molecule has 2 nitrogen and oxygen atoms in total. The molecule has 0 N–H and O–H groups in total. The second-order valence-electron chi connectivity index (χ2n) is 6.27. The summed E-state index contributed by atoms with van der Waals surface area (Å²) in [6.45, 7) is 7.47. The first-order valence-electron chi connectivity index (χ1n) is 6.24. The molecular weight excluding hydrogens is 186 g/mol. The van der Waals surface area contributed by atoms with Crippen molar-refractivity contribution in [3.8, 4) is 0 Å². The molecule has 1 saturated heterocycles. The summed E-state index contributed by atoms with van der Waals surface area (Å²) in [5, 5.41) is 0. The van der Waals surface area contributed by atoms with Crippen molar-refractivity contribution in [3.05, 3.63) is 0 Å². The Morgan fingerprint density at radius 2 is 1.93 bits per heavy atom. The number of aldehydes is 1. The van der Waals surface area contributed by atoms with Gasteiger partial charge in [0, 0.05) is 18.5 Å². The van der Waals surface area contributed by atoms with Crippen molar-refractivity contribution < 1.29 is 4.79 Å². The van der Waals surface area contributed by atoms with Crippen LogP contribution in [0.15, 0.2) is 0 Å². The number of carbonyl (C=O) groups is 1. The summed E-state index contributed by atoms with van der Waals surface area (Å²) in [5.74, 6) is 0. The fourth-order valence-electron chi connectivity index (χ4n) is 3.31. The number of hydrogen-bond acceptors (Lipinski definition) is 2. The van der Waals surface area contributed by atoms with Gasteiger partial charge < -0.3 is 9.69 Å². The monoisotopic (exact) mass is 209 g/mol. The summed E-state index contributed by atoms with van der Waals surface area (Å²) in [7, 11) is 0. The highest BCUT2D eigenvalue weighted by atomic mass is 16.1. The predicted molar refractivity (Wildman–Crippen MR) is 61.8 cm³/mol. The molecule has 2 aliphatic rings. The van der Waals surface area contributed by atoms with Crippen LogP contribution in [0, 0.1) is 10.8 Å². The van der Waals surface area contributed by atoms with Gasteiger partial charge in [-0.05, 0) is 31.2 Å². The molecule has 2 heteroatoms. The van der Waals surface area contributed by atoms with Crippen molar-refractivity contribution in [1.29, 1.82) is 0 Å². The van der Waals surface area contributed by atoms with E-state index in [1.54, 1.807) is 0 Å². The Bertz CT molecular complexity index is 241. The van der Waals surface area contributed by atoms with Gasteiger partial charge in [0.15, 0.2) is 0 Å². The average Bonchev–Trinajstić information content (AvgIpc) is 2.78. The Hall–Kier alpha value is -0.370. The Morgan fingerprint density at radius 3 is 2.53 bits per heavy atom. The van der Waals surface area contributed by atoms with Gasteiger partial charge >= 0.3 is 0 Å². The van der Waals surface area contributed by atoms with E-state index in [2.05, 4.69) is 4.90 Å². The van der Waals surface area contributed by atoms with Gasteiger partial charge in [-0.3, -0.25) is 0 Å². The molecule has 2 fully saturated rings. The molecule has 86 valence electrons. The highest BCUT2D eigenvalue weighted by Crippen LogP contribution is 2.45. The molecule has 0 aromatic carbocycles. The van der Waals surface area contributed by atoms with Crippen LogP contribution in [-0.2, 0) is 4.79 Å². The van der Waals surface area contributed by atoms with E-state index < -0.39 is 0 Å². The molecule has 2 rings (SSSR count). The third kappa shape index (κ3) is 2.41. The van der Waals surface area contributed by atoms with Crippen molar-refractivity contribution in [1.82, 2.24) is 4.90 Å². The van der Waals surface area contributed by atoms with Crippen molar-refractivity contribution >= 4 is 6.29 Å². The van der Waals surface area contributed by atoms with Crippen molar-refractivity contribution in [2.45, 2.75) is 46.0 Å². The summed E-state index contributed by atoms with van der Waals surface area (Å²) < 4.78 is 0. The Morgan fingerprint density at radius 1 is 1.27 bits per heavy atom. The summed E-state index contributed by atoms with van der Waals surface area (Å²) in [6.07, 6.45) is 8.15. The van der Waals surface area contributed by atoms with E-state index >= 15 is 0 Å². The van der Waals surface area contributed by atoms with E-state index in [0.29, 0.717) is 5.41 Å². The lowest BCUT2D eigenvalue weighted by molar-refractivity contribution is -0.115. The van der Waals surface area contributed by atoms with Gasteiger partial charge in [-0.1, -0.05) is 26.7 Å². The molecule has 0 aromatic heterocycles. The molecule has 1 aliphatic heterocycles. The van der Waals surface area contributed by atoms with E-state index in [9.17, 15) is 4.79 Å². The molecule has 1 heterocycles. The normalized spacial score (nSPS) is 26.3. The number of hydrogen-bond donors (Lipinski definition) is 0. The minimum absolute atomic E-state index is 0.163. The van der Waals surface area contributed by atoms with Gasteiger partial charge in [-0.15, -0.1) is 0 Å². The molecule has 1 aliphatic carbocycles. The van der Waals surface area contributed by atoms with Gasteiger partial charge in [0.2, 0.25) is 0 Å². The molecule has 0 radical (unpaired) electrons. The van der Waals surface area contributed by atoms with Gasteiger partial charge in [0.1, 0.15) is 6.29 Å². The molecule has 0 amide bonds. The number of rotatable bonds is 3. The zero-order valence-corrected chi connectivity index (χ0v) is 10.1. The van der Waals surface area contributed by atoms with Gasteiger partial charge in [0.25, 0.3) is 0 Å². The van der Waals surface area contributed by atoms with Gasteiger partial charge in [0.05, 0.1) is 0 Å². The third-order valence-corrected chi connectivity index (χ3v) is 4.13. The zero-order valence-electron chi connectivity index (χ0n) is 10.1. The van der Waals surface area contributed by atoms with Crippen molar-refractivity contribution in [2.24, 2.45) is 10.8 Å². The van der Waals surface area contributed by atoms with E-state index in [1.807, 2.05) is 13.8 Å². The smallest absolute Gasteiger partial charge is 0.126 e. The predicted octanol–water partition coefficient (Wildman–Crippen LogP) is 2.48. The SMILES string of the molecule is CC(C)(C=O)CN1CCC2(CCCC2)C1. The van der Waals surface area contributed by atoms with Crippen LogP contribution in [0.4, 0.5) is 0 Å². The van der Waals surface area contributed by atoms with Gasteiger partial charge in [-0.25, -0.2) is 0 Å². The van der Waals surface area contributed by atoms with Gasteiger partial charge in [-0.2, -0.15) is 0 Å². The summed E-state index contributed by atoms with van der Waals surface area (Å²) in [5.41, 5.74) is 0.475. The van der Waals surface area contributed by atoms with Crippen LogP contribution < -0.4 is 0 Å².